The van der Waals surface area contributed by atoms with E-state index in [1.807, 2.05) is 20.8 Å². The molecule has 2 amide bonds. The predicted octanol–water partition coefficient (Wildman–Crippen LogP) is 1.69. The lowest BCUT2D eigenvalue weighted by Crippen LogP contribution is -2.68. The van der Waals surface area contributed by atoms with Crippen molar-refractivity contribution in [3.63, 3.8) is 0 Å². The number of nitrogens with one attached hydrogen (secondary N) is 1. The number of carbonyl (C=O) groups excluding carboxylic acids is 2. The van der Waals surface area contributed by atoms with Crippen molar-refractivity contribution in [2.75, 3.05) is 6.54 Å². The molecule has 17 heavy (non-hydrogen) atoms. The van der Waals surface area contributed by atoms with Crippen molar-refractivity contribution in [2.45, 2.75) is 65.0 Å². The van der Waals surface area contributed by atoms with Crippen LogP contribution in [0.2, 0.25) is 0 Å². The molecule has 1 fully saturated rings. The van der Waals surface area contributed by atoms with Gasteiger partial charge in [-0.1, -0.05) is 26.7 Å². The van der Waals surface area contributed by atoms with Gasteiger partial charge < -0.3 is 10.2 Å². The molecule has 0 spiro atoms. The molecular weight excluding hydrogens is 216 g/mol. The second kappa shape index (κ2) is 5.52. The topological polar surface area (TPSA) is 49.4 Å². The molecule has 1 N–H and O–H groups in total. The molecule has 0 aromatic rings. The van der Waals surface area contributed by atoms with Gasteiger partial charge in [0, 0.05) is 6.54 Å². The highest BCUT2D eigenvalue weighted by atomic mass is 16.2. The van der Waals surface area contributed by atoms with Crippen LogP contribution in [0.15, 0.2) is 0 Å². The lowest BCUT2D eigenvalue weighted by atomic mass is 9.93. The summed E-state index contributed by atoms with van der Waals surface area (Å²) < 4.78 is 0. The molecule has 1 heterocycles. The Labute approximate surface area is 104 Å². The van der Waals surface area contributed by atoms with Crippen LogP contribution in [0.4, 0.5) is 0 Å². The van der Waals surface area contributed by atoms with Crippen LogP contribution in [0.3, 0.4) is 0 Å². The Balaban J connectivity index is 2.85. The van der Waals surface area contributed by atoms with Crippen LogP contribution in [-0.2, 0) is 9.59 Å². The smallest absolute Gasteiger partial charge is 0.246 e. The third kappa shape index (κ3) is 2.79. The zero-order chi connectivity index (χ0) is 13.1. The minimum absolute atomic E-state index is 0.0355. The Morgan fingerprint density at radius 2 is 1.88 bits per heavy atom. The third-order valence-electron chi connectivity index (χ3n) is 3.41. The van der Waals surface area contributed by atoms with Crippen LogP contribution in [0, 0.1) is 0 Å². The molecule has 1 unspecified atom stereocenters. The first kappa shape index (κ1) is 14.0. The van der Waals surface area contributed by atoms with Crippen LogP contribution in [0.25, 0.3) is 0 Å². The number of rotatable bonds is 5. The van der Waals surface area contributed by atoms with Crippen molar-refractivity contribution >= 4 is 11.8 Å². The van der Waals surface area contributed by atoms with Crippen molar-refractivity contribution in [2.24, 2.45) is 0 Å². The van der Waals surface area contributed by atoms with E-state index in [0.29, 0.717) is 6.54 Å². The number of carbonyl (C=O) groups is 2. The van der Waals surface area contributed by atoms with Crippen LogP contribution in [-0.4, -0.2) is 34.8 Å². The maximum Gasteiger partial charge on any atom is 0.246 e. The maximum atomic E-state index is 12.3. The second-order valence-electron chi connectivity index (χ2n) is 5.22. The number of amides is 2. The molecule has 0 aromatic heterocycles. The Morgan fingerprint density at radius 3 is 2.41 bits per heavy atom. The van der Waals surface area contributed by atoms with E-state index in [-0.39, 0.29) is 17.9 Å². The molecule has 0 radical (unpaired) electrons. The lowest BCUT2D eigenvalue weighted by Gasteiger charge is -2.44. The molecule has 4 heteroatoms. The van der Waals surface area contributed by atoms with E-state index in [1.54, 1.807) is 4.90 Å². The van der Waals surface area contributed by atoms with Gasteiger partial charge in [-0.2, -0.15) is 0 Å². The number of piperazine rings is 1. The van der Waals surface area contributed by atoms with Gasteiger partial charge in [0.05, 0.1) is 0 Å². The fourth-order valence-corrected chi connectivity index (χ4v) is 2.17. The van der Waals surface area contributed by atoms with E-state index in [1.165, 1.54) is 0 Å². The average molecular weight is 240 g/mol. The van der Waals surface area contributed by atoms with Gasteiger partial charge in [0.2, 0.25) is 11.8 Å². The summed E-state index contributed by atoms with van der Waals surface area (Å²) in [4.78, 5) is 26.1. The van der Waals surface area contributed by atoms with Gasteiger partial charge in [0.25, 0.3) is 0 Å². The Hall–Kier alpha value is -1.06. The Kier molecular flexibility index (Phi) is 4.54. The highest BCUT2D eigenvalue weighted by molar-refractivity contribution is 5.99. The molecule has 1 aliphatic rings. The van der Waals surface area contributed by atoms with E-state index in [9.17, 15) is 9.59 Å². The molecule has 1 aliphatic heterocycles. The van der Waals surface area contributed by atoms with Crippen molar-refractivity contribution < 1.29 is 9.59 Å². The van der Waals surface area contributed by atoms with Crippen LogP contribution in [0.5, 0.6) is 0 Å². The Bertz CT molecular complexity index is 300. The quantitative estimate of drug-likeness (QED) is 0.795. The average Bonchev–Trinajstić information content (AvgIpc) is 2.26. The first-order chi connectivity index (χ1) is 7.95. The first-order valence-electron chi connectivity index (χ1n) is 6.57. The highest BCUT2D eigenvalue weighted by Crippen LogP contribution is 2.23. The van der Waals surface area contributed by atoms with Crippen molar-refractivity contribution in [3.8, 4) is 0 Å². The van der Waals surface area contributed by atoms with Gasteiger partial charge in [-0.05, 0) is 26.7 Å². The van der Waals surface area contributed by atoms with Gasteiger partial charge in [-0.25, -0.2) is 0 Å². The van der Waals surface area contributed by atoms with Gasteiger partial charge in [-0.15, -0.1) is 0 Å². The number of hydrogen-bond acceptors (Lipinski definition) is 2. The fraction of sp³-hybridized carbons (Fsp3) is 0.846. The van der Waals surface area contributed by atoms with E-state index >= 15 is 0 Å². The zero-order valence-electron chi connectivity index (χ0n) is 11.4. The maximum absolute atomic E-state index is 12.3. The van der Waals surface area contributed by atoms with Gasteiger partial charge in [0.15, 0.2) is 0 Å². The van der Waals surface area contributed by atoms with Crippen LogP contribution in [0.1, 0.15) is 53.4 Å². The summed E-state index contributed by atoms with van der Waals surface area (Å²) >= 11 is 0. The van der Waals surface area contributed by atoms with Crippen molar-refractivity contribution in [3.05, 3.63) is 0 Å². The molecule has 98 valence electrons. The number of unbranched alkanes of at least 4 members (excludes halogenated alkanes) is 1. The minimum Gasteiger partial charge on any atom is -0.342 e. The van der Waals surface area contributed by atoms with Gasteiger partial charge in [-0.3, -0.25) is 9.59 Å². The normalized spacial score (nSPS) is 23.8. The monoisotopic (exact) mass is 240 g/mol. The highest BCUT2D eigenvalue weighted by Gasteiger charge is 2.45. The van der Waals surface area contributed by atoms with Gasteiger partial charge in [0.1, 0.15) is 11.6 Å². The van der Waals surface area contributed by atoms with Crippen LogP contribution < -0.4 is 5.32 Å². The van der Waals surface area contributed by atoms with Gasteiger partial charge >= 0.3 is 0 Å². The summed E-state index contributed by atoms with van der Waals surface area (Å²) in [6.07, 6.45) is 3.60. The van der Waals surface area contributed by atoms with Crippen molar-refractivity contribution in [1.82, 2.24) is 10.2 Å². The molecule has 1 rings (SSSR count). The first-order valence-corrected chi connectivity index (χ1v) is 6.57. The molecule has 0 aromatic carbocycles. The summed E-state index contributed by atoms with van der Waals surface area (Å²) in [5, 5.41) is 2.83. The number of nitrogens with zero attached hydrogens (tertiary/aromatic N) is 1. The second-order valence-corrected chi connectivity index (χ2v) is 5.22. The zero-order valence-corrected chi connectivity index (χ0v) is 11.4. The Morgan fingerprint density at radius 1 is 1.24 bits per heavy atom. The minimum atomic E-state index is -0.712. The third-order valence-corrected chi connectivity index (χ3v) is 3.41. The summed E-state index contributed by atoms with van der Waals surface area (Å²) in [6, 6.07) is -0.322. The predicted molar refractivity (Wildman–Crippen MR) is 67.5 cm³/mol. The molecular formula is C13H24N2O2. The summed E-state index contributed by atoms with van der Waals surface area (Å²) in [5.74, 6) is 0.0385. The lowest BCUT2D eigenvalue weighted by molar-refractivity contribution is -0.155. The van der Waals surface area contributed by atoms with Crippen LogP contribution >= 0.6 is 0 Å². The summed E-state index contributed by atoms with van der Waals surface area (Å²) in [5.41, 5.74) is -0.712. The van der Waals surface area contributed by atoms with E-state index in [0.717, 1.165) is 25.7 Å². The molecule has 1 saturated heterocycles. The SMILES string of the molecule is CCCCN1C(=O)C(CCC)NC(=O)C1(C)C. The standard InChI is InChI=1S/C13H24N2O2/c1-5-7-9-15-11(16)10(8-6-2)14-12(17)13(15,3)4/h10H,5-9H2,1-4H3,(H,14,17). The largest absolute Gasteiger partial charge is 0.342 e. The molecule has 1 atom stereocenters. The van der Waals surface area contributed by atoms with Crippen molar-refractivity contribution in [1.29, 1.82) is 0 Å². The van der Waals surface area contributed by atoms with E-state index in [4.69, 9.17) is 0 Å². The molecule has 0 aliphatic carbocycles. The van der Waals surface area contributed by atoms with E-state index in [2.05, 4.69) is 12.2 Å². The summed E-state index contributed by atoms with van der Waals surface area (Å²) in [7, 11) is 0. The molecule has 0 bridgehead atoms. The molecule has 4 nitrogen and oxygen atoms in total. The number of hydrogen-bond donors (Lipinski definition) is 1. The molecule has 0 saturated carbocycles. The fourth-order valence-electron chi connectivity index (χ4n) is 2.17. The summed E-state index contributed by atoms with van der Waals surface area (Å²) in [6.45, 7) is 8.42. The van der Waals surface area contributed by atoms with E-state index < -0.39 is 5.54 Å².